The quantitative estimate of drug-likeness (QED) is 0.755. The molecule has 0 aliphatic carbocycles. The van der Waals surface area contributed by atoms with Crippen molar-refractivity contribution < 1.29 is 13.6 Å². The number of carbonyl (C=O) groups is 1. The molecular weight excluding hydrogens is 226 g/mol. The molecule has 0 unspecified atom stereocenters. The molecule has 0 fully saturated rings. The van der Waals surface area contributed by atoms with Crippen molar-refractivity contribution in [3.63, 3.8) is 0 Å². The monoisotopic (exact) mass is 240 g/mol. The Bertz CT molecular complexity index is 480. The Morgan fingerprint density at radius 2 is 1.94 bits per heavy atom. The van der Waals surface area contributed by atoms with Crippen LogP contribution in [0.25, 0.3) is 0 Å². The zero-order valence-electron chi connectivity index (χ0n) is 9.97. The van der Waals surface area contributed by atoms with Crippen molar-refractivity contribution in [2.45, 2.75) is 26.3 Å². The van der Waals surface area contributed by atoms with Crippen LogP contribution in [0.3, 0.4) is 0 Å². The average Bonchev–Trinajstić information content (AvgIpc) is 2.16. The van der Waals surface area contributed by atoms with Crippen molar-refractivity contribution in [1.82, 2.24) is 0 Å². The molecule has 0 saturated heterocycles. The van der Waals surface area contributed by atoms with Gasteiger partial charge in [0.15, 0.2) is 5.82 Å². The zero-order chi connectivity index (χ0) is 12.8. The maximum absolute atomic E-state index is 13.6. The van der Waals surface area contributed by atoms with E-state index < -0.39 is 11.6 Å². The summed E-state index contributed by atoms with van der Waals surface area (Å²) in [5, 5.41) is 2.44. The number of halogens is 2. The van der Waals surface area contributed by atoms with Gasteiger partial charge in [0.2, 0.25) is 5.91 Å². The predicted octanol–water partition coefficient (Wildman–Crippen LogP) is 2.52. The second kappa shape index (κ2) is 3.68. The maximum Gasteiger partial charge on any atom is 0.244 e. The molecule has 0 aromatic heterocycles. The maximum atomic E-state index is 13.6. The summed E-state index contributed by atoms with van der Waals surface area (Å²) >= 11 is 0. The number of hydrogen-bond acceptors (Lipinski definition) is 2. The molecule has 1 heterocycles. The highest BCUT2D eigenvalue weighted by Crippen LogP contribution is 2.36. The molecule has 1 aliphatic heterocycles. The summed E-state index contributed by atoms with van der Waals surface area (Å²) in [4.78, 5) is 13.2. The first-order chi connectivity index (χ1) is 7.79. The highest BCUT2D eigenvalue weighted by atomic mass is 19.1. The van der Waals surface area contributed by atoms with E-state index in [-0.39, 0.29) is 23.7 Å². The number of nitrogens with one attached hydrogen (secondary N) is 1. The summed E-state index contributed by atoms with van der Waals surface area (Å²) in [5.74, 6) is -1.69. The van der Waals surface area contributed by atoms with E-state index in [1.807, 2.05) is 20.8 Å². The third kappa shape index (κ3) is 2.09. The minimum absolute atomic E-state index is 0.0533. The Kier molecular flexibility index (Phi) is 2.56. The van der Waals surface area contributed by atoms with Crippen LogP contribution < -0.4 is 10.2 Å². The summed E-state index contributed by atoms with van der Waals surface area (Å²) in [6, 6.07) is 2.01. The van der Waals surface area contributed by atoms with Crippen LogP contribution >= 0.6 is 0 Å². The molecule has 17 heavy (non-hydrogen) atoms. The fourth-order valence-corrected chi connectivity index (χ4v) is 1.90. The molecule has 1 N–H and O–H groups in total. The van der Waals surface area contributed by atoms with Crippen LogP contribution in [0.2, 0.25) is 0 Å². The Hall–Kier alpha value is -1.65. The molecule has 0 radical (unpaired) electrons. The summed E-state index contributed by atoms with van der Waals surface area (Å²) in [6.07, 6.45) is 0. The van der Waals surface area contributed by atoms with Gasteiger partial charge in [-0.05, 0) is 26.8 Å². The van der Waals surface area contributed by atoms with Crippen molar-refractivity contribution >= 4 is 17.3 Å². The van der Waals surface area contributed by atoms with Gasteiger partial charge in [0.05, 0.1) is 12.2 Å². The van der Waals surface area contributed by atoms with Gasteiger partial charge in [0.25, 0.3) is 0 Å². The fraction of sp³-hybridized carbons (Fsp3) is 0.417. The van der Waals surface area contributed by atoms with Gasteiger partial charge in [0, 0.05) is 11.6 Å². The lowest BCUT2D eigenvalue weighted by molar-refractivity contribution is -0.115. The molecular formula is C12H14F2N2O. The summed E-state index contributed by atoms with van der Waals surface area (Å²) in [5.41, 5.74) is 0.0550. The van der Waals surface area contributed by atoms with Gasteiger partial charge in [-0.3, -0.25) is 4.79 Å². The minimum Gasteiger partial charge on any atom is -0.356 e. The van der Waals surface area contributed by atoms with Crippen LogP contribution in [-0.4, -0.2) is 18.0 Å². The third-order valence-corrected chi connectivity index (χ3v) is 2.70. The largest absolute Gasteiger partial charge is 0.356 e. The molecule has 0 bridgehead atoms. The molecule has 1 aliphatic rings. The van der Waals surface area contributed by atoms with Gasteiger partial charge in [-0.1, -0.05) is 0 Å². The molecule has 0 atom stereocenters. The lowest BCUT2D eigenvalue weighted by atomic mass is 10.0. The van der Waals surface area contributed by atoms with E-state index in [0.29, 0.717) is 5.69 Å². The molecule has 0 saturated carbocycles. The van der Waals surface area contributed by atoms with Crippen molar-refractivity contribution in [3.05, 3.63) is 23.8 Å². The van der Waals surface area contributed by atoms with E-state index in [4.69, 9.17) is 0 Å². The van der Waals surface area contributed by atoms with Gasteiger partial charge in [-0.25, -0.2) is 8.78 Å². The molecule has 5 heteroatoms. The van der Waals surface area contributed by atoms with Crippen molar-refractivity contribution in [2.75, 3.05) is 16.8 Å². The number of benzene rings is 1. The van der Waals surface area contributed by atoms with Gasteiger partial charge >= 0.3 is 0 Å². The molecule has 1 aromatic carbocycles. The first kappa shape index (κ1) is 11.8. The van der Waals surface area contributed by atoms with E-state index in [9.17, 15) is 13.6 Å². The number of amides is 1. The van der Waals surface area contributed by atoms with E-state index >= 15 is 0 Å². The Morgan fingerprint density at radius 1 is 1.29 bits per heavy atom. The van der Waals surface area contributed by atoms with Crippen LogP contribution in [0.1, 0.15) is 20.8 Å². The topological polar surface area (TPSA) is 32.3 Å². The summed E-state index contributed by atoms with van der Waals surface area (Å²) in [6.45, 7) is 5.76. The third-order valence-electron chi connectivity index (χ3n) is 2.70. The smallest absolute Gasteiger partial charge is 0.244 e. The van der Waals surface area contributed by atoms with Crippen LogP contribution in [-0.2, 0) is 4.79 Å². The Balaban J connectivity index is 2.60. The number of rotatable bonds is 0. The van der Waals surface area contributed by atoms with Crippen LogP contribution in [0, 0.1) is 11.6 Å². The highest BCUT2D eigenvalue weighted by molar-refractivity contribution is 6.01. The van der Waals surface area contributed by atoms with Gasteiger partial charge in [-0.2, -0.15) is 0 Å². The summed E-state index contributed by atoms with van der Waals surface area (Å²) in [7, 11) is 0. The minimum atomic E-state index is -0.748. The first-order valence-electron chi connectivity index (χ1n) is 5.35. The van der Waals surface area contributed by atoms with Crippen molar-refractivity contribution in [2.24, 2.45) is 0 Å². The first-order valence-corrected chi connectivity index (χ1v) is 5.35. The number of nitrogens with zero attached hydrogens (tertiary/aromatic N) is 1. The Labute approximate surface area is 98.4 Å². The summed E-state index contributed by atoms with van der Waals surface area (Å²) < 4.78 is 26.8. The van der Waals surface area contributed by atoms with E-state index in [2.05, 4.69) is 5.32 Å². The molecule has 0 spiro atoms. The lowest BCUT2D eigenvalue weighted by Crippen LogP contribution is -2.49. The number of anilines is 2. The predicted molar refractivity (Wildman–Crippen MR) is 62.1 cm³/mol. The number of carbonyl (C=O) groups excluding carboxylic acids is 1. The van der Waals surface area contributed by atoms with Crippen LogP contribution in [0.15, 0.2) is 12.1 Å². The van der Waals surface area contributed by atoms with E-state index in [1.165, 1.54) is 6.07 Å². The Morgan fingerprint density at radius 3 is 2.53 bits per heavy atom. The molecule has 2 rings (SSSR count). The highest BCUT2D eigenvalue weighted by Gasteiger charge is 2.32. The number of hydrogen-bond donors (Lipinski definition) is 1. The molecule has 1 amide bonds. The molecule has 92 valence electrons. The lowest BCUT2D eigenvalue weighted by Gasteiger charge is -2.40. The van der Waals surface area contributed by atoms with Gasteiger partial charge in [-0.15, -0.1) is 0 Å². The zero-order valence-corrected chi connectivity index (χ0v) is 9.97. The molecule has 1 aromatic rings. The van der Waals surface area contributed by atoms with E-state index in [1.54, 1.807) is 4.90 Å². The second-order valence-corrected chi connectivity index (χ2v) is 5.09. The second-order valence-electron chi connectivity index (χ2n) is 5.09. The van der Waals surface area contributed by atoms with Crippen LogP contribution in [0.4, 0.5) is 20.2 Å². The standard InChI is InChI=1S/C12H14F2N2O/c1-12(2,3)16-6-10(17)15-11-8(14)4-7(13)5-9(11)16/h4-5H,6H2,1-3H3,(H,15,17). The van der Waals surface area contributed by atoms with Crippen molar-refractivity contribution in [1.29, 1.82) is 0 Å². The van der Waals surface area contributed by atoms with Crippen LogP contribution in [0.5, 0.6) is 0 Å². The van der Waals surface area contributed by atoms with Crippen molar-refractivity contribution in [3.8, 4) is 0 Å². The van der Waals surface area contributed by atoms with Gasteiger partial charge in [0.1, 0.15) is 11.5 Å². The van der Waals surface area contributed by atoms with Gasteiger partial charge < -0.3 is 10.2 Å². The fourth-order valence-electron chi connectivity index (χ4n) is 1.90. The number of fused-ring (bicyclic) bond motifs is 1. The average molecular weight is 240 g/mol. The normalized spacial score (nSPS) is 15.6. The van der Waals surface area contributed by atoms with E-state index in [0.717, 1.165) is 6.07 Å². The SMILES string of the molecule is CC(C)(C)N1CC(=O)Nc2c(F)cc(F)cc21. The molecule has 3 nitrogen and oxygen atoms in total.